The van der Waals surface area contributed by atoms with E-state index < -0.39 is 0 Å². The molecule has 3 heteroatoms. The second kappa shape index (κ2) is 7.20. The molecule has 0 aliphatic heterocycles. The van der Waals surface area contributed by atoms with Crippen molar-refractivity contribution in [2.75, 3.05) is 0 Å². The van der Waals surface area contributed by atoms with Crippen molar-refractivity contribution in [3.8, 4) is 16.9 Å². The second-order valence-corrected chi connectivity index (χ2v) is 7.65. The Morgan fingerprint density at radius 2 is 1.47 bits per heavy atom. The summed E-state index contributed by atoms with van der Waals surface area (Å²) in [4.78, 5) is 13.6. The van der Waals surface area contributed by atoms with Gasteiger partial charge in [0.2, 0.25) is 0 Å². The van der Waals surface area contributed by atoms with E-state index in [2.05, 4.69) is 31.2 Å². The summed E-state index contributed by atoms with van der Waals surface area (Å²) in [5, 5.41) is 12.3. The predicted molar refractivity (Wildman–Crippen MR) is 122 cm³/mol. The van der Waals surface area contributed by atoms with Crippen LogP contribution in [0.3, 0.4) is 0 Å². The van der Waals surface area contributed by atoms with Gasteiger partial charge in [-0.05, 0) is 35.6 Å². The molecule has 2 heterocycles. The fourth-order valence-electron chi connectivity index (χ4n) is 4.09. The minimum atomic E-state index is -0.210. The average Bonchev–Trinajstić information content (AvgIpc) is 2.78. The third-order valence-corrected chi connectivity index (χ3v) is 5.65. The van der Waals surface area contributed by atoms with Crippen molar-refractivity contribution in [3.63, 3.8) is 0 Å². The highest BCUT2D eigenvalue weighted by Gasteiger charge is 2.20. The van der Waals surface area contributed by atoms with E-state index in [-0.39, 0.29) is 11.3 Å². The van der Waals surface area contributed by atoms with E-state index in [1.807, 2.05) is 66.7 Å². The SMILES string of the molecule is Cc1ccc(Cc2c(O)c(-c3ccccc3)c(=O)n3c2ccc2ccccc23)cc1. The summed E-state index contributed by atoms with van der Waals surface area (Å²) in [7, 11) is 0. The lowest BCUT2D eigenvalue weighted by Crippen LogP contribution is -2.18. The maximum atomic E-state index is 13.6. The minimum Gasteiger partial charge on any atom is -0.507 e. The van der Waals surface area contributed by atoms with Crippen LogP contribution in [0.2, 0.25) is 0 Å². The highest BCUT2D eigenvalue weighted by molar-refractivity contribution is 5.86. The van der Waals surface area contributed by atoms with Gasteiger partial charge in [-0.25, -0.2) is 0 Å². The zero-order valence-corrected chi connectivity index (χ0v) is 16.7. The first kappa shape index (κ1) is 18.2. The lowest BCUT2D eigenvalue weighted by molar-refractivity contribution is 0.471. The third-order valence-electron chi connectivity index (χ3n) is 5.65. The number of para-hydroxylation sites is 1. The number of hydrogen-bond acceptors (Lipinski definition) is 2. The number of hydrogen-bond donors (Lipinski definition) is 1. The van der Waals surface area contributed by atoms with Crippen LogP contribution in [0.4, 0.5) is 0 Å². The van der Waals surface area contributed by atoms with Crippen LogP contribution in [-0.4, -0.2) is 9.51 Å². The van der Waals surface area contributed by atoms with Crippen molar-refractivity contribution in [2.45, 2.75) is 13.3 Å². The van der Waals surface area contributed by atoms with Crippen LogP contribution in [0.15, 0.2) is 95.8 Å². The van der Waals surface area contributed by atoms with Crippen LogP contribution >= 0.6 is 0 Å². The Labute approximate surface area is 174 Å². The molecule has 3 nitrogen and oxygen atoms in total. The molecule has 0 amide bonds. The van der Waals surface area contributed by atoms with Gasteiger partial charge in [0.25, 0.3) is 5.56 Å². The standard InChI is InChI=1S/C27H21NO2/c1-18-11-13-19(14-12-18)17-22-24-16-15-20-7-5-6-10-23(20)28(24)27(30)25(26(22)29)21-8-3-2-4-9-21/h2-16,29H,17H2,1H3. The molecule has 0 atom stereocenters. The summed E-state index contributed by atoms with van der Waals surface area (Å²) < 4.78 is 1.74. The van der Waals surface area contributed by atoms with Crippen LogP contribution in [0.1, 0.15) is 16.7 Å². The van der Waals surface area contributed by atoms with Crippen LogP contribution in [0.5, 0.6) is 5.75 Å². The lowest BCUT2D eigenvalue weighted by atomic mass is 9.96. The molecular weight excluding hydrogens is 370 g/mol. The molecule has 0 saturated heterocycles. The Morgan fingerprint density at radius 1 is 0.767 bits per heavy atom. The average molecular weight is 391 g/mol. The molecule has 3 aromatic carbocycles. The van der Waals surface area contributed by atoms with Crippen LogP contribution in [-0.2, 0) is 6.42 Å². The Hall–Kier alpha value is -3.85. The first-order valence-corrected chi connectivity index (χ1v) is 10.0. The monoisotopic (exact) mass is 391 g/mol. The lowest BCUT2D eigenvalue weighted by Gasteiger charge is -2.16. The summed E-state index contributed by atoms with van der Waals surface area (Å²) in [6.45, 7) is 2.05. The van der Waals surface area contributed by atoms with Crippen molar-refractivity contribution >= 4 is 16.4 Å². The normalized spacial score (nSPS) is 11.2. The van der Waals surface area contributed by atoms with E-state index in [0.717, 1.165) is 27.5 Å². The molecule has 2 aromatic heterocycles. The smallest absolute Gasteiger partial charge is 0.267 e. The minimum absolute atomic E-state index is 0.0575. The van der Waals surface area contributed by atoms with E-state index in [9.17, 15) is 9.90 Å². The van der Waals surface area contributed by atoms with E-state index >= 15 is 0 Å². The fourth-order valence-corrected chi connectivity index (χ4v) is 4.09. The number of aromatic hydroxyl groups is 1. The van der Waals surface area contributed by atoms with Crippen LogP contribution in [0, 0.1) is 6.92 Å². The maximum absolute atomic E-state index is 13.6. The van der Waals surface area contributed by atoms with E-state index in [1.54, 1.807) is 4.40 Å². The molecule has 0 aliphatic rings. The molecule has 5 rings (SSSR count). The van der Waals surface area contributed by atoms with Crippen molar-refractivity contribution in [1.82, 2.24) is 4.40 Å². The van der Waals surface area contributed by atoms with Crippen molar-refractivity contribution in [2.24, 2.45) is 0 Å². The fraction of sp³-hybridized carbons (Fsp3) is 0.0741. The Kier molecular flexibility index (Phi) is 4.36. The van der Waals surface area contributed by atoms with E-state index in [4.69, 9.17) is 0 Å². The van der Waals surface area contributed by atoms with Crippen molar-refractivity contribution in [3.05, 3.63) is 118 Å². The van der Waals surface area contributed by atoms with Gasteiger partial charge in [-0.2, -0.15) is 0 Å². The Bertz CT molecular complexity index is 1430. The summed E-state index contributed by atoms with van der Waals surface area (Å²) in [5.41, 5.74) is 5.44. The molecule has 0 aliphatic carbocycles. The second-order valence-electron chi connectivity index (χ2n) is 7.65. The molecule has 0 bridgehead atoms. The van der Waals surface area contributed by atoms with Gasteiger partial charge >= 0.3 is 0 Å². The molecule has 0 radical (unpaired) electrons. The number of pyridine rings is 2. The Morgan fingerprint density at radius 3 is 2.23 bits per heavy atom. The van der Waals surface area contributed by atoms with Gasteiger partial charge in [0, 0.05) is 12.0 Å². The van der Waals surface area contributed by atoms with E-state index in [0.29, 0.717) is 17.5 Å². The summed E-state index contributed by atoms with van der Waals surface area (Å²) in [6, 6.07) is 29.4. The van der Waals surface area contributed by atoms with Crippen molar-refractivity contribution < 1.29 is 5.11 Å². The molecule has 0 unspecified atom stereocenters. The first-order valence-electron chi connectivity index (χ1n) is 10.0. The number of aromatic nitrogens is 1. The molecular formula is C27H21NO2. The largest absolute Gasteiger partial charge is 0.507 e. The van der Waals surface area contributed by atoms with Gasteiger partial charge in [0.1, 0.15) is 5.75 Å². The summed E-state index contributed by atoms with van der Waals surface area (Å²) in [6.07, 6.45) is 0.536. The molecule has 146 valence electrons. The molecule has 0 spiro atoms. The molecule has 1 N–H and O–H groups in total. The molecule has 0 saturated carbocycles. The summed E-state index contributed by atoms with van der Waals surface area (Å²) >= 11 is 0. The Balaban J connectivity index is 1.89. The van der Waals surface area contributed by atoms with E-state index in [1.165, 1.54) is 5.56 Å². The highest BCUT2D eigenvalue weighted by atomic mass is 16.3. The quantitative estimate of drug-likeness (QED) is 0.399. The maximum Gasteiger partial charge on any atom is 0.267 e. The van der Waals surface area contributed by atoms with Gasteiger partial charge in [0.15, 0.2) is 0 Å². The van der Waals surface area contributed by atoms with Gasteiger partial charge in [-0.3, -0.25) is 9.20 Å². The molecule has 0 fully saturated rings. The van der Waals surface area contributed by atoms with Gasteiger partial charge < -0.3 is 5.11 Å². The molecule has 30 heavy (non-hydrogen) atoms. The van der Waals surface area contributed by atoms with Crippen molar-refractivity contribution in [1.29, 1.82) is 0 Å². The van der Waals surface area contributed by atoms with Crippen LogP contribution < -0.4 is 5.56 Å². The third kappa shape index (κ3) is 2.96. The van der Waals surface area contributed by atoms with Crippen LogP contribution in [0.25, 0.3) is 27.5 Å². The van der Waals surface area contributed by atoms with Gasteiger partial charge in [0.05, 0.1) is 16.6 Å². The molecule has 5 aromatic rings. The number of rotatable bonds is 3. The number of fused-ring (bicyclic) bond motifs is 3. The topological polar surface area (TPSA) is 41.7 Å². The highest BCUT2D eigenvalue weighted by Crippen LogP contribution is 2.34. The summed E-state index contributed by atoms with van der Waals surface area (Å²) in [5.74, 6) is 0.0575. The van der Waals surface area contributed by atoms with Gasteiger partial charge in [-0.15, -0.1) is 0 Å². The zero-order valence-electron chi connectivity index (χ0n) is 16.7. The number of nitrogens with zero attached hydrogens (tertiary/aromatic N) is 1. The first-order chi connectivity index (χ1) is 14.6. The van der Waals surface area contributed by atoms with Gasteiger partial charge in [-0.1, -0.05) is 84.4 Å². The predicted octanol–water partition coefficient (Wildman–Crippen LogP) is 5.72. The zero-order chi connectivity index (χ0) is 20.7. The number of benzene rings is 3. The number of aryl methyl sites for hydroxylation is 1.